The maximum Gasteiger partial charge on any atom is 0.211 e. The fourth-order valence-electron chi connectivity index (χ4n) is 8.18. The quantitative estimate of drug-likeness (QED) is 0.0841. The van der Waals surface area contributed by atoms with E-state index >= 15 is 0 Å². The van der Waals surface area contributed by atoms with Gasteiger partial charge in [0.1, 0.15) is 24.3 Å². The first-order valence-corrected chi connectivity index (χ1v) is 20.4. The van der Waals surface area contributed by atoms with Crippen LogP contribution in [0.3, 0.4) is 0 Å². The van der Waals surface area contributed by atoms with Crippen LogP contribution in [-0.4, -0.2) is 15.0 Å². The monoisotopic (exact) mass is 798 g/mol. The summed E-state index contributed by atoms with van der Waals surface area (Å²) in [6, 6.07) is 45.0. The van der Waals surface area contributed by atoms with Crippen LogP contribution in [0.25, 0.3) is 44.1 Å². The number of hydrogen-bond donors (Lipinski definition) is 0. The van der Waals surface area contributed by atoms with Gasteiger partial charge in [0.15, 0.2) is 12.4 Å². The molecule has 0 bridgehead atoms. The van der Waals surface area contributed by atoms with Crippen molar-refractivity contribution in [2.24, 2.45) is 0 Å². The molecule has 2 fully saturated rings. The maximum absolute atomic E-state index is 11.4. The molecular weight excluding hydrogens is 757 g/mol. The second-order valence-corrected chi connectivity index (χ2v) is 16.2. The minimum atomic E-state index is -1.06. The van der Waals surface area contributed by atoms with Crippen molar-refractivity contribution in [2.75, 3.05) is 0 Å². The number of nitriles is 2. The van der Waals surface area contributed by atoms with Crippen molar-refractivity contribution in [2.45, 2.75) is 62.9 Å². The molecule has 8 aromatic rings. The number of epoxide rings is 2. The van der Waals surface area contributed by atoms with E-state index in [0.717, 1.165) is 60.8 Å². The molecule has 2 aliphatic rings. The zero-order chi connectivity index (χ0) is 42.3. The summed E-state index contributed by atoms with van der Waals surface area (Å²) in [6.07, 6.45) is 9.13. The summed E-state index contributed by atoms with van der Waals surface area (Å²) in [6.45, 7) is 8.77. The van der Waals surface area contributed by atoms with Crippen LogP contribution in [0, 0.1) is 27.9 Å². The molecule has 9 nitrogen and oxygen atoms in total. The first-order chi connectivity index (χ1) is 29.6. The molecule has 2 saturated heterocycles. The average Bonchev–Trinajstić information content (AvgIpc) is 4.24. The Labute approximate surface area is 354 Å². The molecule has 6 heterocycles. The number of benzene rings is 4. The molecule has 4 unspecified atom stereocenters. The molecule has 0 N–H and O–H groups in total. The zero-order valence-corrected chi connectivity index (χ0v) is 34.2. The average molecular weight is 799 g/mol. The van der Waals surface area contributed by atoms with E-state index in [-0.39, 0.29) is 12.2 Å². The van der Waals surface area contributed by atoms with Crippen LogP contribution in [0.4, 0.5) is 0 Å². The highest BCUT2D eigenvalue weighted by molar-refractivity contribution is 5.95. The van der Waals surface area contributed by atoms with Crippen molar-refractivity contribution in [3.8, 4) is 34.4 Å². The molecular formula is C52H42N6O3. The number of aromatic nitrogens is 4. The first kappa shape index (κ1) is 39.2. The molecule has 10 rings (SSSR count). The van der Waals surface area contributed by atoms with Gasteiger partial charge in [-0.25, -0.2) is 0 Å². The minimum absolute atomic E-state index is 0.294. The predicted molar refractivity (Wildman–Crippen MR) is 234 cm³/mol. The van der Waals surface area contributed by atoms with Crippen molar-refractivity contribution >= 4 is 21.8 Å². The van der Waals surface area contributed by atoms with E-state index in [1.807, 2.05) is 60.9 Å². The van der Waals surface area contributed by atoms with Gasteiger partial charge >= 0.3 is 0 Å². The van der Waals surface area contributed by atoms with Crippen LogP contribution in [0.15, 0.2) is 159 Å². The van der Waals surface area contributed by atoms with Crippen LogP contribution in [0.5, 0.6) is 0 Å². The van der Waals surface area contributed by atoms with E-state index in [0.29, 0.717) is 22.1 Å². The molecule has 4 aromatic heterocycles. The molecule has 0 saturated carbocycles. The second-order valence-electron chi connectivity index (χ2n) is 16.2. The summed E-state index contributed by atoms with van der Waals surface area (Å²) in [5, 5.41) is 33.4. The Bertz CT molecular complexity index is 3010. The smallest absolute Gasteiger partial charge is 0.211 e. The molecule has 298 valence electrons. The van der Waals surface area contributed by atoms with Crippen molar-refractivity contribution in [1.29, 1.82) is 10.5 Å². The van der Waals surface area contributed by atoms with Crippen molar-refractivity contribution in [3.05, 3.63) is 197 Å². The van der Waals surface area contributed by atoms with E-state index in [1.54, 1.807) is 24.5 Å². The standard InChI is InChI=1S/C26H21N3O2.C26H21N3O/c1-17(2)21-14-19-7-4-10-28-24(19)23(15-21)18-5-3-6-20(13-18)25-26(16-27,31-25)22-8-11-29(30)12-9-22;1-17(2)21-14-19-7-4-10-29-24(19)23(15-21)18-5-3-6-20(13-18)25-26(16-27,30-25)22-8-11-28-12-9-22/h3-15,17,25H,1-2H3;3-15,17,25H,1-2H3. The summed E-state index contributed by atoms with van der Waals surface area (Å²) in [5.41, 5.74) is 10.2. The van der Waals surface area contributed by atoms with Gasteiger partial charge in [-0.3, -0.25) is 15.0 Å². The van der Waals surface area contributed by atoms with Gasteiger partial charge in [0, 0.05) is 69.9 Å². The van der Waals surface area contributed by atoms with Crippen LogP contribution in [0.1, 0.15) is 85.1 Å². The van der Waals surface area contributed by atoms with E-state index in [2.05, 4.69) is 115 Å². The molecule has 9 heteroatoms. The lowest BCUT2D eigenvalue weighted by atomic mass is 9.90. The summed E-state index contributed by atoms with van der Waals surface area (Å²) in [7, 11) is 0. The van der Waals surface area contributed by atoms with Gasteiger partial charge in [0.05, 0.1) is 11.0 Å². The number of pyridine rings is 4. The first-order valence-electron chi connectivity index (χ1n) is 20.4. The summed E-state index contributed by atoms with van der Waals surface area (Å²) in [4.78, 5) is 13.3. The lowest BCUT2D eigenvalue weighted by molar-refractivity contribution is -0.605. The van der Waals surface area contributed by atoms with Gasteiger partial charge in [-0.05, 0) is 106 Å². The number of nitrogens with zero attached hydrogens (tertiary/aromatic N) is 6. The maximum atomic E-state index is 11.4. The van der Waals surface area contributed by atoms with E-state index in [4.69, 9.17) is 9.47 Å². The van der Waals surface area contributed by atoms with Crippen molar-refractivity contribution < 1.29 is 14.2 Å². The third-order valence-electron chi connectivity index (χ3n) is 11.7. The van der Waals surface area contributed by atoms with Crippen LogP contribution in [-0.2, 0) is 20.7 Å². The van der Waals surface area contributed by atoms with Crippen molar-refractivity contribution in [3.63, 3.8) is 0 Å². The number of fused-ring (bicyclic) bond motifs is 2. The Morgan fingerprint density at radius 3 is 1.48 bits per heavy atom. The van der Waals surface area contributed by atoms with Crippen LogP contribution >= 0.6 is 0 Å². The zero-order valence-electron chi connectivity index (χ0n) is 34.2. The lowest BCUT2D eigenvalue weighted by Crippen LogP contribution is -2.24. The third-order valence-corrected chi connectivity index (χ3v) is 11.7. The SMILES string of the molecule is CC(C)c1cc(-c2cccc(C3OC3(C#N)c3cc[n+]([O-])cc3)c2)c2ncccc2c1.CC(C)c1cc(-c2cccc(C3OC3(C#N)c3ccncc3)c2)c2ncccc2c1. The minimum Gasteiger partial charge on any atom is -0.619 e. The highest BCUT2D eigenvalue weighted by Crippen LogP contribution is 2.58. The van der Waals surface area contributed by atoms with Crippen LogP contribution in [0.2, 0.25) is 0 Å². The van der Waals surface area contributed by atoms with E-state index < -0.39 is 11.2 Å². The summed E-state index contributed by atoms with van der Waals surface area (Å²) in [5.74, 6) is 0.813. The summed E-state index contributed by atoms with van der Waals surface area (Å²) >= 11 is 0. The summed E-state index contributed by atoms with van der Waals surface area (Å²) < 4.78 is 12.6. The second kappa shape index (κ2) is 15.7. The van der Waals surface area contributed by atoms with Gasteiger partial charge in [-0.15, -0.1) is 0 Å². The fraction of sp³-hybridized carbons (Fsp3) is 0.192. The van der Waals surface area contributed by atoms with Gasteiger partial charge in [-0.2, -0.15) is 15.3 Å². The van der Waals surface area contributed by atoms with Gasteiger partial charge in [0.25, 0.3) is 0 Å². The number of rotatable bonds is 8. The highest BCUT2D eigenvalue weighted by atomic mass is 16.6. The fourth-order valence-corrected chi connectivity index (χ4v) is 8.18. The Morgan fingerprint density at radius 2 is 1.03 bits per heavy atom. The third kappa shape index (κ3) is 7.25. The normalized spacial score (nSPS) is 20.1. The molecule has 2 aliphatic heterocycles. The Hall–Kier alpha value is -7.30. The number of ether oxygens (including phenoxy) is 2. The predicted octanol–water partition coefficient (Wildman–Crippen LogP) is 11.1. The highest BCUT2D eigenvalue weighted by Gasteiger charge is 2.60. The Kier molecular flexibility index (Phi) is 10.1. The largest absolute Gasteiger partial charge is 0.619 e. The number of hydrogen-bond acceptors (Lipinski definition) is 8. The topological polar surface area (TPSA) is 138 Å². The molecule has 0 radical (unpaired) electrons. The lowest BCUT2D eigenvalue weighted by Gasteiger charge is -2.13. The Balaban J connectivity index is 0.000000156. The van der Waals surface area contributed by atoms with Gasteiger partial charge in [-0.1, -0.05) is 76.2 Å². The molecule has 4 aromatic carbocycles. The molecule has 4 atom stereocenters. The van der Waals surface area contributed by atoms with Crippen LogP contribution < -0.4 is 4.73 Å². The Morgan fingerprint density at radius 1 is 0.574 bits per heavy atom. The van der Waals surface area contributed by atoms with Gasteiger partial charge < -0.3 is 14.7 Å². The van der Waals surface area contributed by atoms with E-state index in [1.165, 1.54) is 23.5 Å². The molecule has 0 amide bonds. The molecule has 61 heavy (non-hydrogen) atoms. The molecule has 0 aliphatic carbocycles. The van der Waals surface area contributed by atoms with E-state index in [9.17, 15) is 15.7 Å². The van der Waals surface area contributed by atoms with Gasteiger partial charge in [0.2, 0.25) is 11.2 Å². The van der Waals surface area contributed by atoms with Crippen molar-refractivity contribution in [1.82, 2.24) is 15.0 Å². The molecule has 0 spiro atoms.